The van der Waals surface area contributed by atoms with Crippen LogP contribution in [-0.2, 0) is 5.41 Å². The lowest BCUT2D eigenvalue weighted by Gasteiger charge is -2.28. The normalized spacial score (nSPS) is 13.1. The molecule has 0 aliphatic rings. The number of nitrogens with zero attached hydrogens (tertiary/aromatic N) is 2. The summed E-state index contributed by atoms with van der Waals surface area (Å²) >= 11 is 1.77. The molecule has 5 heteroatoms. The van der Waals surface area contributed by atoms with E-state index in [-0.39, 0.29) is 5.41 Å². The third kappa shape index (κ3) is 4.13. The van der Waals surface area contributed by atoms with Crippen molar-refractivity contribution in [2.24, 2.45) is 0 Å². The molecular weight excluding hydrogens is 272 g/mol. The van der Waals surface area contributed by atoms with E-state index in [1.807, 2.05) is 32.7 Å². The Morgan fingerprint density at radius 3 is 2.50 bits per heavy atom. The Hall–Kier alpha value is -1.23. The van der Waals surface area contributed by atoms with E-state index >= 15 is 0 Å². The van der Waals surface area contributed by atoms with Crippen molar-refractivity contribution in [2.45, 2.75) is 39.2 Å². The highest BCUT2D eigenvalue weighted by Gasteiger charge is 2.21. The lowest BCUT2D eigenvalue weighted by molar-refractivity contribution is 0.0696. The van der Waals surface area contributed by atoms with Crippen LogP contribution in [0.2, 0.25) is 0 Å². The summed E-state index contributed by atoms with van der Waals surface area (Å²) < 4.78 is 0. The number of carbonyl (C=O) groups is 1. The molecule has 0 aliphatic heterocycles. The van der Waals surface area contributed by atoms with Crippen molar-refractivity contribution in [1.29, 1.82) is 0 Å². The molecule has 0 spiro atoms. The zero-order valence-electron chi connectivity index (χ0n) is 13.1. The molecule has 0 saturated heterocycles. The van der Waals surface area contributed by atoms with Gasteiger partial charge in [-0.3, -0.25) is 0 Å². The summed E-state index contributed by atoms with van der Waals surface area (Å²) in [7, 11) is 1.96. The summed E-state index contributed by atoms with van der Waals surface area (Å²) in [4.78, 5) is 18.0. The maximum Gasteiger partial charge on any atom is 0.335 e. The SMILES string of the molecule is CSCC(C)N(C)c1cc(C(=O)O)cc(C(C)(C)C)n1. The number of aromatic carboxylic acids is 1. The lowest BCUT2D eigenvalue weighted by Crippen LogP contribution is -2.32. The van der Waals surface area contributed by atoms with E-state index < -0.39 is 5.97 Å². The van der Waals surface area contributed by atoms with Crippen molar-refractivity contribution in [1.82, 2.24) is 4.98 Å². The topological polar surface area (TPSA) is 53.4 Å². The van der Waals surface area contributed by atoms with Gasteiger partial charge >= 0.3 is 5.97 Å². The molecule has 0 fully saturated rings. The molecule has 0 aromatic carbocycles. The molecule has 1 rings (SSSR count). The highest BCUT2D eigenvalue weighted by atomic mass is 32.2. The van der Waals surface area contributed by atoms with Crippen molar-refractivity contribution >= 4 is 23.5 Å². The molecule has 1 aromatic heterocycles. The van der Waals surface area contributed by atoms with Crippen molar-refractivity contribution in [3.63, 3.8) is 0 Å². The van der Waals surface area contributed by atoms with Crippen molar-refractivity contribution < 1.29 is 9.90 Å². The largest absolute Gasteiger partial charge is 0.478 e. The summed E-state index contributed by atoms with van der Waals surface area (Å²) in [5.74, 6) is 0.779. The molecule has 1 N–H and O–H groups in total. The second kappa shape index (κ2) is 6.48. The van der Waals surface area contributed by atoms with E-state index in [9.17, 15) is 9.90 Å². The first-order chi connectivity index (χ1) is 9.16. The maximum atomic E-state index is 11.3. The molecule has 0 amide bonds. The van der Waals surface area contributed by atoms with Gasteiger partial charge in [0.2, 0.25) is 0 Å². The van der Waals surface area contributed by atoms with E-state index in [0.717, 1.165) is 17.3 Å². The van der Waals surface area contributed by atoms with Crippen LogP contribution in [0.15, 0.2) is 12.1 Å². The number of pyridine rings is 1. The van der Waals surface area contributed by atoms with Crippen molar-refractivity contribution in [3.8, 4) is 0 Å². The Bertz CT molecular complexity index is 483. The van der Waals surface area contributed by atoms with Gasteiger partial charge in [0, 0.05) is 30.0 Å². The minimum atomic E-state index is -0.912. The number of aromatic nitrogens is 1. The van der Waals surface area contributed by atoms with Gasteiger partial charge in [0.05, 0.1) is 5.56 Å². The second-order valence-corrected chi connectivity index (χ2v) is 6.98. The fraction of sp³-hybridized carbons (Fsp3) is 0.600. The minimum absolute atomic E-state index is 0.177. The first kappa shape index (κ1) is 16.8. The number of carboxylic acids is 1. The summed E-state index contributed by atoms with van der Waals surface area (Å²) in [6.45, 7) is 8.23. The minimum Gasteiger partial charge on any atom is -0.478 e. The summed E-state index contributed by atoms with van der Waals surface area (Å²) in [6.07, 6.45) is 2.06. The van der Waals surface area contributed by atoms with Gasteiger partial charge in [-0.1, -0.05) is 20.8 Å². The molecule has 20 heavy (non-hydrogen) atoms. The van der Waals surface area contributed by atoms with Gasteiger partial charge in [-0.15, -0.1) is 0 Å². The Kier molecular flexibility index (Phi) is 5.45. The zero-order valence-corrected chi connectivity index (χ0v) is 13.9. The number of anilines is 1. The number of hydrogen-bond donors (Lipinski definition) is 1. The van der Waals surface area contributed by atoms with Crippen LogP contribution in [0.4, 0.5) is 5.82 Å². The molecule has 112 valence electrons. The Balaban J connectivity index is 3.25. The van der Waals surface area contributed by atoms with E-state index in [2.05, 4.69) is 18.2 Å². The number of rotatable bonds is 5. The van der Waals surface area contributed by atoms with Crippen LogP contribution < -0.4 is 4.90 Å². The monoisotopic (exact) mass is 296 g/mol. The zero-order chi connectivity index (χ0) is 15.5. The summed E-state index contributed by atoms with van der Waals surface area (Å²) in [6, 6.07) is 3.61. The highest BCUT2D eigenvalue weighted by molar-refractivity contribution is 7.98. The first-order valence-electron chi connectivity index (χ1n) is 6.64. The first-order valence-corrected chi connectivity index (χ1v) is 8.04. The standard InChI is InChI=1S/C15H24N2O2S/c1-10(9-20-6)17(5)13-8-11(14(18)19)7-12(16-13)15(2,3)4/h7-8,10H,9H2,1-6H3,(H,18,19). The Morgan fingerprint density at radius 2 is 2.05 bits per heavy atom. The molecule has 0 radical (unpaired) electrons. The molecule has 0 bridgehead atoms. The fourth-order valence-corrected chi connectivity index (χ4v) is 2.49. The maximum absolute atomic E-state index is 11.3. The third-order valence-electron chi connectivity index (χ3n) is 3.26. The summed E-state index contributed by atoms with van der Waals surface area (Å²) in [5, 5.41) is 9.27. The molecule has 0 aliphatic carbocycles. The van der Waals surface area contributed by atoms with Crippen molar-refractivity contribution in [3.05, 3.63) is 23.4 Å². The third-order valence-corrected chi connectivity index (χ3v) is 4.07. The van der Waals surface area contributed by atoms with Gasteiger partial charge in [0.15, 0.2) is 0 Å². The van der Waals surface area contributed by atoms with Crippen LogP contribution in [0, 0.1) is 0 Å². The molecule has 1 atom stereocenters. The van der Waals surface area contributed by atoms with Crippen LogP contribution >= 0.6 is 11.8 Å². The lowest BCUT2D eigenvalue weighted by atomic mass is 9.90. The molecule has 0 saturated carbocycles. The second-order valence-electron chi connectivity index (χ2n) is 6.07. The number of carboxylic acid groups (broad SMARTS) is 1. The average Bonchev–Trinajstić information content (AvgIpc) is 2.36. The molecule has 4 nitrogen and oxygen atoms in total. The van der Waals surface area contributed by atoms with Crippen LogP contribution in [0.5, 0.6) is 0 Å². The molecule has 1 aromatic rings. The predicted octanol–water partition coefficient (Wildman–Crippen LogP) is 3.27. The van der Waals surface area contributed by atoms with E-state index in [4.69, 9.17) is 0 Å². The Morgan fingerprint density at radius 1 is 1.45 bits per heavy atom. The quantitative estimate of drug-likeness (QED) is 0.904. The van der Waals surface area contributed by atoms with Crippen LogP contribution in [-0.4, -0.2) is 41.2 Å². The number of thioether (sulfide) groups is 1. The smallest absolute Gasteiger partial charge is 0.335 e. The van der Waals surface area contributed by atoms with Crippen LogP contribution in [0.3, 0.4) is 0 Å². The molecular formula is C15H24N2O2S. The van der Waals surface area contributed by atoms with Crippen LogP contribution in [0.1, 0.15) is 43.7 Å². The predicted molar refractivity (Wildman–Crippen MR) is 86.1 cm³/mol. The molecule has 1 heterocycles. The Labute approximate surface area is 125 Å². The van der Waals surface area contributed by atoms with E-state index in [1.54, 1.807) is 23.9 Å². The van der Waals surface area contributed by atoms with Gasteiger partial charge in [0.25, 0.3) is 0 Å². The van der Waals surface area contributed by atoms with Gasteiger partial charge in [-0.25, -0.2) is 9.78 Å². The van der Waals surface area contributed by atoms with E-state index in [0.29, 0.717) is 11.6 Å². The highest BCUT2D eigenvalue weighted by Crippen LogP contribution is 2.25. The molecule has 1 unspecified atom stereocenters. The van der Waals surface area contributed by atoms with Gasteiger partial charge < -0.3 is 10.0 Å². The van der Waals surface area contributed by atoms with Crippen molar-refractivity contribution in [2.75, 3.05) is 24.0 Å². The number of hydrogen-bond acceptors (Lipinski definition) is 4. The fourth-order valence-electron chi connectivity index (χ4n) is 1.78. The van der Waals surface area contributed by atoms with Gasteiger partial charge in [0.1, 0.15) is 5.82 Å². The average molecular weight is 296 g/mol. The van der Waals surface area contributed by atoms with Crippen LogP contribution in [0.25, 0.3) is 0 Å². The van der Waals surface area contributed by atoms with Gasteiger partial charge in [-0.2, -0.15) is 11.8 Å². The summed E-state index contributed by atoms with van der Waals surface area (Å²) in [5.41, 5.74) is 0.919. The van der Waals surface area contributed by atoms with Gasteiger partial charge in [-0.05, 0) is 25.3 Å². The van der Waals surface area contributed by atoms with E-state index in [1.165, 1.54) is 0 Å².